The standard InChI is InChI=1S/C17H22F2N4S/c1-4-13-10-22-16(24-13)7-8-21-17(20-3)23-11(2)12-5-6-14(18)15(19)9-12/h5-6,9-11H,4,7-8H2,1-3H3,(H2,20,21,23). The lowest BCUT2D eigenvalue weighted by Gasteiger charge is -2.18. The van der Waals surface area contributed by atoms with Crippen molar-refractivity contribution in [1.29, 1.82) is 0 Å². The van der Waals surface area contributed by atoms with Gasteiger partial charge < -0.3 is 10.6 Å². The van der Waals surface area contributed by atoms with Gasteiger partial charge in [0.05, 0.1) is 11.0 Å². The quantitative estimate of drug-likeness (QED) is 0.618. The number of rotatable bonds is 6. The van der Waals surface area contributed by atoms with Crippen LogP contribution >= 0.6 is 11.3 Å². The molecule has 0 amide bonds. The number of thiazole rings is 1. The molecule has 0 bridgehead atoms. The fraction of sp³-hybridized carbons (Fsp3) is 0.412. The molecule has 0 saturated heterocycles. The number of aliphatic imine (C=N–C) groups is 1. The van der Waals surface area contributed by atoms with Crippen molar-refractivity contribution in [3.8, 4) is 0 Å². The zero-order chi connectivity index (χ0) is 17.5. The van der Waals surface area contributed by atoms with Crippen molar-refractivity contribution in [1.82, 2.24) is 15.6 Å². The van der Waals surface area contributed by atoms with E-state index in [4.69, 9.17) is 0 Å². The minimum Gasteiger partial charge on any atom is -0.356 e. The molecule has 1 heterocycles. The van der Waals surface area contributed by atoms with Gasteiger partial charge in [0.25, 0.3) is 0 Å². The number of aromatic nitrogens is 1. The van der Waals surface area contributed by atoms with Crippen molar-refractivity contribution in [2.75, 3.05) is 13.6 Å². The molecule has 0 aliphatic heterocycles. The van der Waals surface area contributed by atoms with E-state index in [2.05, 4.69) is 27.5 Å². The molecule has 2 N–H and O–H groups in total. The monoisotopic (exact) mass is 352 g/mol. The lowest BCUT2D eigenvalue weighted by atomic mass is 10.1. The van der Waals surface area contributed by atoms with Crippen LogP contribution in [0.15, 0.2) is 29.4 Å². The highest BCUT2D eigenvalue weighted by Gasteiger charge is 2.11. The molecule has 0 fully saturated rings. The third kappa shape index (κ3) is 4.99. The molecule has 4 nitrogen and oxygen atoms in total. The average molecular weight is 352 g/mol. The molecule has 130 valence electrons. The summed E-state index contributed by atoms with van der Waals surface area (Å²) in [7, 11) is 1.67. The van der Waals surface area contributed by atoms with E-state index in [0.29, 0.717) is 18.1 Å². The Kier molecular flexibility index (Phi) is 6.66. The Bertz CT molecular complexity index is 700. The van der Waals surface area contributed by atoms with Crippen LogP contribution in [0.25, 0.3) is 0 Å². The topological polar surface area (TPSA) is 49.3 Å². The maximum absolute atomic E-state index is 13.3. The van der Waals surface area contributed by atoms with Crippen LogP contribution in [-0.2, 0) is 12.8 Å². The Labute approximate surface area is 145 Å². The number of nitrogens with one attached hydrogen (secondary N) is 2. The summed E-state index contributed by atoms with van der Waals surface area (Å²) in [4.78, 5) is 9.81. The van der Waals surface area contributed by atoms with E-state index in [-0.39, 0.29) is 6.04 Å². The van der Waals surface area contributed by atoms with Crippen LogP contribution in [0.1, 0.15) is 35.3 Å². The van der Waals surface area contributed by atoms with Gasteiger partial charge in [-0.3, -0.25) is 4.99 Å². The number of nitrogens with zero attached hydrogens (tertiary/aromatic N) is 2. The molecular weight excluding hydrogens is 330 g/mol. The van der Waals surface area contributed by atoms with Gasteiger partial charge in [-0.05, 0) is 31.0 Å². The summed E-state index contributed by atoms with van der Waals surface area (Å²) >= 11 is 1.72. The average Bonchev–Trinajstić information content (AvgIpc) is 3.04. The number of guanidine groups is 1. The third-order valence-corrected chi connectivity index (χ3v) is 4.80. The first-order chi connectivity index (χ1) is 11.5. The van der Waals surface area contributed by atoms with Crippen molar-refractivity contribution >= 4 is 17.3 Å². The Morgan fingerprint density at radius 2 is 2.12 bits per heavy atom. The summed E-state index contributed by atoms with van der Waals surface area (Å²) in [6, 6.07) is 3.69. The van der Waals surface area contributed by atoms with Crippen LogP contribution in [0.3, 0.4) is 0 Å². The second-order valence-electron chi connectivity index (χ2n) is 5.36. The number of halogens is 2. The zero-order valence-electron chi connectivity index (χ0n) is 14.1. The van der Waals surface area contributed by atoms with Gasteiger partial charge in [0.2, 0.25) is 0 Å². The van der Waals surface area contributed by atoms with Gasteiger partial charge in [0.1, 0.15) is 0 Å². The molecule has 0 aliphatic carbocycles. The second kappa shape index (κ2) is 8.73. The van der Waals surface area contributed by atoms with E-state index < -0.39 is 11.6 Å². The minimum absolute atomic E-state index is 0.196. The van der Waals surface area contributed by atoms with E-state index >= 15 is 0 Å². The van der Waals surface area contributed by atoms with Crippen LogP contribution in [0, 0.1) is 11.6 Å². The molecule has 2 aromatic rings. The normalized spacial score (nSPS) is 13.0. The molecule has 0 radical (unpaired) electrons. The van der Waals surface area contributed by atoms with Crippen molar-refractivity contribution in [3.63, 3.8) is 0 Å². The Morgan fingerprint density at radius 1 is 1.33 bits per heavy atom. The van der Waals surface area contributed by atoms with E-state index in [1.807, 2.05) is 13.1 Å². The highest BCUT2D eigenvalue weighted by atomic mass is 32.1. The van der Waals surface area contributed by atoms with Gasteiger partial charge in [-0.15, -0.1) is 11.3 Å². The Hall–Kier alpha value is -2.02. The first-order valence-corrected chi connectivity index (χ1v) is 8.70. The van der Waals surface area contributed by atoms with Crippen LogP contribution < -0.4 is 10.6 Å². The number of hydrogen-bond donors (Lipinski definition) is 2. The van der Waals surface area contributed by atoms with Crippen LogP contribution in [0.5, 0.6) is 0 Å². The summed E-state index contributed by atoms with van der Waals surface area (Å²) in [6.07, 6.45) is 3.73. The highest BCUT2D eigenvalue weighted by molar-refractivity contribution is 7.11. The summed E-state index contributed by atoms with van der Waals surface area (Å²) in [5.41, 5.74) is 0.657. The van der Waals surface area contributed by atoms with Crippen molar-refractivity contribution < 1.29 is 8.78 Å². The van der Waals surface area contributed by atoms with Crippen LogP contribution in [0.4, 0.5) is 8.78 Å². The van der Waals surface area contributed by atoms with Gasteiger partial charge in [0.15, 0.2) is 17.6 Å². The van der Waals surface area contributed by atoms with Gasteiger partial charge >= 0.3 is 0 Å². The fourth-order valence-electron chi connectivity index (χ4n) is 2.18. The minimum atomic E-state index is -0.848. The molecule has 1 atom stereocenters. The SMILES string of the molecule is CCc1cnc(CCNC(=NC)NC(C)c2ccc(F)c(F)c2)s1. The lowest BCUT2D eigenvalue weighted by molar-refractivity contribution is 0.504. The smallest absolute Gasteiger partial charge is 0.191 e. The van der Waals surface area contributed by atoms with E-state index in [1.54, 1.807) is 24.5 Å². The largest absolute Gasteiger partial charge is 0.356 e. The summed E-state index contributed by atoms with van der Waals surface area (Å²) in [5, 5.41) is 7.46. The van der Waals surface area contributed by atoms with Crippen LogP contribution in [0.2, 0.25) is 0 Å². The zero-order valence-corrected chi connectivity index (χ0v) is 14.9. The van der Waals surface area contributed by atoms with Crippen molar-refractivity contribution in [2.45, 2.75) is 32.7 Å². The Morgan fingerprint density at radius 3 is 2.75 bits per heavy atom. The van der Waals surface area contributed by atoms with Gasteiger partial charge in [-0.25, -0.2) is 13.8 Å². The molecule has 1 aromatic carbocycles. The molecule has 1 aromatic heterocycles. The maximum Gasteiger partial charge on any atom is 0.191 e. The molecule has 0 saturated carbocycles. The lowest BCUT2D eigenvalue weighted by Crippen LogP contribution is -2.39. The van der Waals surface area contributed by atoms with Crippen molar-refractivity contribution in [2.24, 2.45) is 4.99 Å². The van der Waals surface area contributed by atoms with E-state index in [9.17, 15) is 8.78 Å². The third-order valence-electron chi connectivity index (χ3n) is 3.60. The van der Waals surface area contributed by atoms with Crippen molar-refractivity contribution in [3.05, 3.63) is 51.5 Å². The summed E-state index contributed by atoms with van der Waals surface area (Å²) in [6.45, 7) is 4.68. The van der Waals surface area contributed by atoms with Gasteiger partial charge in [-0.1, -0.05) is 13.0 Å². The molecular formula is C17H22F2N4S. The summed E-state index contributed by atoms with van der Waals surface area (Å²) < 4.78 is 26.3. The Balaban J connectivity index is 1.86. The second-order valence-corrected chi connectivity index (χ2v) is 6.56. The van der Waals surface area contributed by atoms with Crippen LogP contribution in [-0.4, -0.2) is 24.5 Å². The highest BCUT2D eigenvalue weighted by Crippen LogP contribution is 2.16. The predicted molar refractivity (Wildman–Crippen MR) is 94.5 cm³/mol. The predicted octanol–water partition coefficient (Wildman–Crippen LogP) is 3.45. The van der Waals surface area contributed by atoms with Gasteiger partial charge in [0, 0.05) is 31.1 Å². The molecule has 24 heavy (non-hydrogen) atoms. The first kappa shape index (κ1) is 18.3. The molecule has 0 aliphatic rings. The fourth-order valence-corrected chi connectivity index (χ4v) is 3.04. The maximum atomic E-state index is 13.3. The molecule has 0 spiro atoms. The molecule has 7 heteroatoms. The molecule has 2 rings (SSSR count). The van der Waals surface area contributed by atoms with Gasteiger partial charge in [-0.2, -0.15) is 0 Å². The van der Waals surface area contributed by atoms with E-state index in [1.165, 1.54) is 10.9 Å². The number of aryl methyl sites for hydroxylation is 1. The number of hydrogen-bond acceptors (Lipinski definition) is 3. The summed E-state index contributed by atoms with van der Waals surface area (Å²) in [5.74, 6) is -1.08. The number of benzene rings is 1. The molecule has 1 unspecified atom stereocenters. The first-order valence-electron chi connectivity index (χ1n) is 7.89. The van der Waals surface area contributed by atoms with E-state index in [0.717, 1.165) is 23.9 Å².